The average Bonchev–Trinajstić information content (AvgIpc) is 2.44. The van der Waals surface area contributed by atoms with Gasteiger partial charge in [0.2, 0.25) is 0 Å². The second kappa shape index (κ2) is 8.15. The number of nitrogens with zero attached hydrogens (tertiary/aromatic N) is 1. The second-order valence-corrected chi connectivity index (χ2v) is 4.89. The minimum absolute atomic E-state index is 0.0225. The number of ether oxygens (including phenoxy) is 2. The van der Waals surface area contributed by atoms with Crippen LogP contribution in [0.25, 0.3) is 0 Å². The van der Waals surface area contributed by atoms with E-state index in [1.165, 1.54) is 7.11 Å². The van der Waals surface area contributed by atoms with E-state index in [0.717, 1.165) is 38.8 Å². The molecule has 110 valence electrons. The van der Waals surface area contributed by atoms with Crippen LogP contribution in [0.15, 0.2) is 0 Å². The van der Waals surface area contributed by atoms with Gasteiger partial charge in [-0.1, -0.05) is 13.3 Å². The first-order chi connectivity index (χ1) is 9.13. The van der Waals surface area contributed by atoms with Gasteiger partial charge in [-0.05, 0) is 39.3 Å². The lowest BCUT2D eigenvalue weighted by Gasteiger charge is -2.35. The molecule has 0 aliphatic carbocycles. The highest BCUT2D eigenvalue weighted by Crippen LogP contribution is 2.22. The lowest BCUT2D eigenvalue weighted by Crippen LogP contribution is -2.47. The Kier molecular flexibility index (Phi) is 6.84. The first kappa shape index (κ1) is 16.0. The first-order valence-electron chi connectivity index (χ1n) is 7.12. The third-order valence-corrected chi connectivity index (χ3v) is 3.63. The molecular formula is C14H25NO4. The van der Waals surface area contributed by atoms with Crippen molar-refractivity contribution in [2.24, 2.45) is 5.92 Å². The molecule has 19 heavy (non-hydrogen) atoms. The highest BCUT2D eigenvalue weighted by atomic mass is 16.5. The minimum Gasteiger partial charge on any atom is -0.469 e. The Morgan fingerprint density at radius 3 is 2.37 bits per heavy atom. The minimum atomic E-state index is -0.163. The van der Waals surface area contributed by atoms with E-state index in [1.807, 2.05) is 6.92 Å². The summed E-state index contributed by atoms with van der Waals surface area (Å²) in [5.74, 6) is -0.297. The summed E-state index contributed by atoms with van der Waals surface area (Å²) in [6.07, 6.45) is 3.26. The zero-order valence-electron chi connectivity index (χ0n) is 12.2. The zero-order chi connectivity index (χ0) is 14.3. The Balaban J connectivity index is 2.54. The standard InChI is InChI=1S/C14H25NO4/c1-4-6-12(14(17)19-5-2)15-9-7-11(8-10-15)13(16)18-3/h11-12H,4-10H2,1-3H3. The Hall–Kier alpha value is -1.10. The fourth-order valence-electron chi connectivity index (χ4n) is 2.57. The number of hydrogen-bond donors (Lipinski definition) is 0. The predicted molar refractivity (Wildman–Crippen MR) is 71.6 cm³/mol. The summed E-state index contributed by atoms with van der Waals surface area (Å²) in [5, 5.41) is 0. The van der Waals surface area contributed by atoms with Crippen LogP contribution in [0.1, 0.15) is 39.5 Å². The summed E-state index contributed by atoms with van der Waals surface area (Å²) in [4.78, 5) is 25.6. The van der Waals surface area contributed by atoms with E-state index in [2.05, 4.69) is 11.8 Å². The molecule has 5 nitrogen and oxygen atoms in total. The maximum atomic E-state index is 11.9. The molecule has 1 atom stereocenters. The van der Waals surface area contributed by atoms with Gasteiger partial charge in [0, 0.05) is 0 Å². The fraction of sp³-hybridized carbons (Fsp3) is 0.857. The van der Waals surface area contributed by atoms with E-state index in [4.69, 9.17) is 9.47 Å². The van der Waals surface area contributed by atoms with Gasteiger partial charge in [0.1, 0.15) is 6.04 Å². The number of esters is 2. The van der Waals surface area contributed by atoms with Crippen molar-refractivity contribution in [3.63, 3.8) is 0 Å². The van der Waals surface area contributed by atoms with Gasteiger partial charge in [-0.3, -0.25) is 14.5 Å². The van der Waals surface area contributed by atoms with Crippen LogP contribution in [-0.2, 0) is 19.1 Å². The molecule has 1 aliphatic rings. The van der Waals surface area contributed by atoms with Crippen molar-refractivity contribution >= 4 is 11.9 Å². The number of hydrogen-bond acceptors (Lipinski definition) is 5. The van der Waals surface area contributed by atoms with E-state index in [-0.39, 0.29) is 23.9 Å². The fourth-order valence-corrected chi connectivity index (χ4v) is 2.57. The lowest BCUT2D eigenvalue weighted by molar-refractivity contribution is -0.152. The largest absolute Gasteiger partial charge is 0.469 e. The predicted octanol–water partition coefficient (Wildman–Crippen LogP) is 1.60. The van der Waals surface area contributed by atoms with Crippen LogP contribution in [0.5, 0.6) is 0 Å². The van der Waals surface area contributed by atoms with Crippen LogP contribution in [-0.4, -0.2) is 49.7 Å². The molecule has 0 spiro atoms. The summed E-state index contributed by atoms with van der Waals surface area (Å²) in [6.45, 7) is 5.81. The van der Waals surface area contributed by atoms with Crippen LogP contribution in [0.4, 0.5) is 0 Å². The number of rotatable bonds is 6. The molecule has 0 radical (unpaired) electrons. The summed E-state index contributed by atoms with van der Waals surface area (Å²) >= 11 is 0. The van der Waals surface area contributed by atoms with E-state index in [1.54, 1.807) is 0 Å². The number of methoxy groups -OCH3 is 1. The van der Waals surface area contributed by atoms with E-state index >= 15 is 0 Å². The summed E-state index contributed by atoms with van der Waals surface area (Å²) in [7, 11) is 1.42. The molecule has 1 rings (SSSR count). The van der Waals surface area contributed by atoms with Crippen LogP contribution < -0.4 is 0 Å². The molecule has 0 N–H and O–H groups in total. The summed E-state index contributed by atoms with van der Waals surface area (Å²) in [6, 6.07) is -0.163. The van der Waals surface area contributed by atoms with Gasteiger partial charge < -0.3 is 9.47 Å². The molecule has 1 saturated heterocycles. The van der Waals surface area contributed by atoms with Crippen molar-refractivity contribution in [3.8, 4) is 0 Å². The third kappa shape index (κ3) is 4.49. The molecule has 0 saturated carbocycles. The van der Waals surface area contributed by atoms with Crippen molar-refractivity contribution in [2.75, 3.05) is 26.8 Å². The van der Waals surface area contributed by atoms with Gasteiger partial charge in [-0.2, -0.15) is 0 Å². The van der Waals surface area contributed by atoms with Crippen molar-refractivity contribution < 1.29 is 19.1 Å². The molecule has 1 unspecified atom stereocenters. The molecule has 1 heterocycles. The van der Waals surface area contributed by atoms with Gasteiger partial charge in [0.05, 0.1) is 19.6 Å². The number of carbonyl (C=O) groups excluding carboxylic acids is 2. The summed E-state index contributed by atoms with van der Waals surface area (Å²) < 4.78 is 9.90. The quantitative estimate of drug-likeness (QED) is 0.687. The maximum absolute atomic E-state index is 11.9. The van der Waals surface area contributed by atoms with Crippen LogP contribution in [0.2, 0.25) is 0 Å². The topological polar surface area (TPSA) is 55.8 Å². The molecule has 0 bridgehead atoms. The Labute approximate surface area is 115 Å². The van der Waals surface area contributed by atoms with Gasteiger partial charge in [-0.25, -0.2) is 0 Å². The highest BCUT2D eigenvalue weighted by molar-refractivity contribution is 5.76. The number of piperidine rings is 1. The van der Waals surface area contributed by atoms with Crippen LogP contribution in [0, 0.1) is 5.92 Å². The molecule has 1 fully saturated rings. The van der Waals surface area contributed by atoms with Gasteiger partial charge in [0.25, 0.3) is 0 Å². The SMILES string of the molecule is CCCC(C(=O)OCC)N1CCC(C(=O)OC)CC1. The van der Waals surface area contributed by atoms with E-state index < -0.39 is 0 Å². The maximum Gasteiger partial charge on any atom is 0.323 e. The van der Waals surface area contributed by atoms with Gasteiger partial charge in [-0.15, -0.1) is 0 Å². The number of carbonyl (C=O) groups is 2. The second-order valence-electron chi connectivity index (χ2n) is 4.89. The Morgan fingerprint density at radius 2 is 1.89 bits per heavy atom. The van der Waals surface area contributed by atoms with Crippen molar-refractivity contribution in [3.05, 3.63) is 0 Å². The zero-order valence-corrected chi connectivity index (χ0v) is 12.2. The molecule has 5 heteroatoms. The van der Waals surface area contributed by atoms with Crippen molar-refractivity contribution in [1.82, 2.24) is 4.90 Å². The van der Waals surface area contributed by atoms with Gasteiger partial charge in [0.15, 0.2) is 0 Å². The Morgan fingerprint density at radius 1 is 1.26 bits per heavy atom. The molecule has 1 aliphatic heterocycles. The Bertz CT molecular complexity index is 298. The van der Waals surface area contributed by atoms with Crippen molar-refractivity contribution in [1.29, 1.82) is 0 Å². The summed E-state index contributed by atoms with van der Waals surface area (Å²) in [5.41, 5.74) is 0. The molecule has 0 amide bonds. The number of likely N-dealkylation sites (tertiary alicyclic amines) is 1. The van der Waals surface area contributed by atoms with Crippen molar-refractivity contribution in [2.45, 2.75) is 45.6 Å². The lowest BCUT2D eigenvalue weighted by atomic mass is 9.95. The first-order valence-corrected chi connectivity index (χ1v) is 7.12. The molecule has 0 aromatic rings. The van der Waals surface area contributed by atoms with E-state index in [0.29, 0.717) is 6.61 Å². The third-order valence-electron chi connectivity index (χ3n) is 3.63. The van der Waals surface area contributed by atoms with Gasteiger partial charge >= 0.3 is 11.9 Å². The molecular weight excluding hydrogens is 246 g/mol. The average molecular weight is 271 g/mol. The van der Waals surface area contributed by atoms with Crippen LogP contribution in [0.3, 0.4) is 0 Å². The van der Waals surface area contributed by atoms with Crippen LogP contribution >= 0.6 is 0 Å². The molecule has 0 aromatic carbocycles. The highest BCUT2D eigenvalue weighted by Gasteiger charge is 2.32. The normalized spacial score (nSPS) is 18.9. The van der Waals surface area contributed by atoms with E-state index in [9.17, 15) is 9.59 Å². The monoisotopic (exact) mass is 271 g/mol. The molecule has 0 aromatic heterocycles. The smallest absolute Gasteiger partial charge is 0.323 e.